The van der Waals surface area contributed by atoms with Gasteiger partial charge in [-0.1, -0.05) is 255 Å². The van der Waals surface area contributed by atoms with Crippen LogP contribution in [0.2, 0.25) is 0 Å². The van der Waals surface area contributed by atoms with Crippen molar-refractivity contribution in [2.24, 2.45) is 0 Å². The van der Waals surface area contributed by atoms with Crippen LogP contribution in [-0.2, 0) is 23.8 Å². The second-order valence-corrected chi connectivity index (χ2v) is 20.1. The summed E-state index contributed by atoms with van der Waals surface area (Å²) in [6.45, 7) is 5.61. The van der Waals surface area contributed by atoms with Crippen LogP contribution in [0.5, 0.6) is 0 Å². The van der Waals surface area contributed by atoms with Crippen LogP contribution in [0.1, 0.15) is 245 Å². The molecule has 71 heavy (non-hydrogen) atoms. The van der Waals surface area contributed by atoms with Crippen molar-refractivity contribution in [3.8, 4) is 0 Å². The van der Waals surface area contributed by atoms with Gasteiger partial charge in [-0.3, -0.25) is 9.59 Å². The van der Waals surface area contributed by atoms with E-state index in [1.165, 1.54) is 135 Å². The van der Waals surface area contributed by atoms with E-state index < -0.39 is 67.4 Å². The van der Waals surface area contributed by atoms with E-state index in [0.717, 1.165) is 64.2 Å². The van der Waals surface area contributed by atoms with Crippen LogP contribution in [0, 0.1) is 0 Å². The normalized spacial score (nSPS) is 20.0. The number of aliphatic hydroxyl groups excluding tert-OH is 5. The third-order valence-electron chi connectivity index (χ3n) is 13.5. The highest BCUT2D eigenvalue weighted by atomic mass is 16.7. The van der Waals surface area contributed by atoms with Gasteiger partial charge in [0.2, 0.25) is 5.91 Å². The molecule has 412 valence electrons. The van der Waals surface area contributed by atoms with Gasteiger partial charge in [0.25, 0.3) is 0 Å². The van der Waals surface area contributed by atoms with Crippen LogP contribution in [0.15, 0.2) is 60.8 Å². The molecule has 1 amide bonds. The zero-order chi connectivity index (χ0) is 51.8. The molecule has 1 fully saturated rings. The zero-order valence-corrected chi connectivity index (χ0v) is 45.3. The topological polar surface area (TPSA) is 175 Å². The van der Waals surface area contributed by atoms with Gasteiger partial charge in [-0.15, -0.1) is 0 Å². The molecule has 0 aromatic carbocycles. The number of allylic oxidation sites excluding steroid dienone is 9. The molecule has 1 heterocycles. The Morgan fingerprint density at radius 3 is 1.52 bits per heavy atom. The lowest BCUT2D eigenvalue weighted by Crippen LogP contribution is -2.61. The number of hydrogen-bond acceptors (Lipinski definition) is 10. The average molecular weight is 1000 g/mol. The summed E-state index contributed by atoms with van der Waals surface area (Å²) in [7, 11) is 0. The summed E-state index contributed by atoms with van der Waals surface area (Å²) in [6.07, 6.45) is 48.5. The molecule has 11 nitrogen and oxygen atoms in total. The molecule has 0 bridgehead atoms. The van der Waals surface area contributed by atoms with Crippen molar-refractivity contribution in [3.05, 3.63) is 60.8 Å². The molecule has 1 aliphatic rings. The number of amides is 1. The molecule has 0 radical (unpaired) electrons. The van der Waals surface area contributed by atoms with Crippen molar-refractivity contribution >= 4 is 11.9 Å². The van der Waals surface area contributed by atoms with Gasteiger partial charge in [-0.05, 0) is 44.9 Å². The maximum atomic E-state index is 13.3. The first-order valence-electron chi connectivity index (χ1n) is 29.1. The van der Waals surface area contributed by atoms with Crippen LogP contribution in [-0.4, -0.2) is 99.6 Å². The number of carbonyl (C=O) groups is 2. The highest BCUT2D eigenvalue weighted by Gasteiger charge is 2.47. The fourth-order valence-electron chi connectivity index (χ4n) is 8.90. The SMILES string of the molecule is CC/C=C/C=C/C=C\C=C/CCCCC(O)C(=O)NC(COC1OC(CO)C(O)C(O)C1OC(=O)CCCCCCCCCCCCCCCCCCCCC)C(O)/C=C/CCCCCCCCCCC. The van der Waals surface area contributed by atoms with E-state index in [4.69, 9.17) is 14.2 Å². The molecule has 1 aliphatic heterocycles. The molecule has 0 aliphatic carbocycles. The number of carbonyl (C=O) groups excluding carboxylic acids is 2. The number of esters is 1. The number of unbranched alkanes of at least 4 members (excludes halogenated alkanes) is 29. The molecule has 8 unspecified atom stereocenters. The molecule has 1 saturated heterocycles. The predicted octanol–water partition coefficient (Wildman–Crippen LogP) is 13.1. The van der Waals surface area contributed by atoms with Crippen molar-refractivity contribution < 1.29 is 49.3 Å². The van der Waals surface area contributed by atoms with Crippen LogP contribution >= 0.6 is 0 Å². The van der Waals surface area contributed by atoms with Gasteiger partial charge in [0.05, 0.1) is 25.4 Å². The minimum Gasteiger partial charge on any atom is -0.454 e. The molecule has 0 aromatic rings. The molecule has 6 N–H and O–H groups in total. The van der Waals surface area contributed by atoms with Crippen LogP contribution in [0.4, 0.5) is 0 Å². The quantitative estimate of drug-likeness (QED) is 0.0149. The first-order chi connectivity index (χ1) is 34.7. The molecular weight excluding hydrogens is 895 g/mol. The number of ether oxygens (including phenoxy) is 3. The van der Waals surface area contributed by atoms with Crippen LogP contribution in [0.25, 0.3) is 0 Å². The molecule has 1 rings (SSSR count). The number of hydrogen-bond donors (Lipinski definition) is 6. The minimum atomic E-state index is -1.62. The minimum absolute atomic E-state index is 0.121. The summed E-state index contributed by atoms with van der Waals surface area (Å²) in [5, 5.41) is 56.7. The number of aliphatic hydroxyl groups is 5. The lowest BCUT2D eigenvalue weighted by Gasteiger charge is -2.41. The van der Waals surface area contributed by atoms with E-state index >= 15 is 0 Å². The third-order valence-corrected chi connectivity index (χ3v) is 13.5. The number of nitrogens with one attached hydrogen (secondary N) is 1. The number of rotatable bonds is 48. The van der Waals surface area contributed by atoms with Gasteiger partial charge in [0, 0.05) is 6.42 Å². The van der Waals surface area contributed by atoms with Crippen molar-refractivity contribution in [3.63, 3.8) is 0 Å². The molecule has 8 atom stereocenters. The van der Waals surface area contributed by atoms with Gasteiger partial charge in [-0.2, -0.15) is 0 Å². The molecule has 0 aromatic heterocycles. The summed E-state index contributed by atoms with van der Waals surface area (Å²) < 4.78 is 17.6. The first-order valence-corrected chi connectivity index (χ1v) is 29.1. The van der Waals surface area contributed by atoms with E-state index in [2.05, 4.69) is 32.2 Å². The van der Waals surface area contributed by atoms with Crippen molar-refractivity contribution in [1.29, 1.82) is 0 Å². The second-order valence-electron chi connectivity index (χ2n) is 20.1. The van der Waals surface area contributed by atoms with E-state index in [1.807, 2.05) is 48.6 Å². The van der Waals surface area contributed by atoms with Gasteiger partial charge >= 0.3 is 5.97 Å². The van der Waals surface area contributed by atoms with Crippen LogP contribution < -0.4 is 5.32 Å². The Labute approximate surface area is 433 Å². The van der Waals surface area contributed by atoms with E-state index in [-0.39, 0.29) is 19.4 Å². The highest BCUT2D eigenvalue weighted by Crippen LogP contribution is 2.26. The fourth-order valence-corrected chi connectivity index (χ4v) is 8.90. The maximum absolute atomic E-state index is 13.3. The monoisotopic (exact) mass is 1000 g/mol. The van der Waals surface area contributed by atoms with Crippen LogP contribution in [0.3, 0.4) is 0 Å². The lowest BCUT2D eigenvalue weighted by atomic mass is 9.99. The summed E-state index contributed by atoms with van der Waals surface area (Å²) >= 11 is 0. The highest BCUT2D eigenvalue weighted by molar-refractivity contribution is 5.80. The van der Waals surface area contributed by atoms with Gasteiger partial charge in [0.15, 0.2) is 12.4 Å². The van der Waals surface area contributed by atoms with E-state index in [0.29, 0.717) is 12.8 Å². The Morgan fingerprint density at radius 2 is 1.01 bits per heavy atom. The first kappa shape index (κ1) is 66.4. The Kier molecular flexibility index (Phi) is 45.2. The average Bonchev–Trinajstić information content (AvgIpc) is 3.37. The van der Waals surface area contributed by atoms with Crippen molar-refractivity contribution in [2.75, 3.05) is 13.2 Å². The maximum Gasteiger partial charge on any atom is 0.306 e. The molecule has 0 spiro atoms. The van der Waals surface area contributed by atoms with Crippen molar-refractivity contribution in [2.45, 2.75) is 294 Å². The molecule has 11 heteroatoms. The second kappa shape index (κ2) is 48.3. The standard InChI is InChI=1S/C60H107NO10/c1-4-7-10-13-16-19-22-24-25-26-27-28-29-30-33-36-39-42-45-48-55(65)71-58-57(67)56(66)54(49-62)70-60(58)69-50-51(52(63)46-43-40-37-34-31-21-18-15-12-9-6-3)61-59(68)53(64)47-44-41-38-35-32-23-20-17-14-11-8-5-2/h8,11,14,17,20,23,32,35,43,46,51-54,56-58,60,62-64,66-67H,4-7,9-10,12-13,15-16,18-19,21-22,24-31,33-34,36-42,44-45,47-50H2,1-3H3,(H,61,68)/b11-8+,17-14+,23-20-,35-32-,46-43+. The smallest absolute Gasteiger partial charge is 0.306 e. The van der Waals surface area contributed by atoms with Gasteiger partial charge in [0.1, 0.15) is 24.4 Å². The lowest BCUT2D eigenvalue weighted by molar-refractivity contribution is -0.305. The Morgan fingerprint density at radius 1 is 0.563 bits per heavy atom. The third kappa shape index (κ3) is 36.9. The van der Waals surface area contributed by atoms with Gasteiger partial charge < -0.3 is 45.1 Å². The van der Waals surface area contributed by atoms with E-state index in [9.17, 15) is 35.1 Å². The zero-order valence-electron chi connectivity index (χ0n) is 45.3. The summed E-state index contributed by atoms with van der Waals surface area (Å²) in [6, 6.07) is -1.04. The Balaban J connectivity index is 2.69. The molecule has 0 saturated carbocycles. The van der Waals surface area contributed by atoms with Crippen molar-refractivity contribution in [1.82, 2.24) is 5.32 Å². The summed E-state index contributed by atoms with van der Waals surface area (Å²) in [4.78, 5) is 26.4. The summed E-state index contributed by atoms with van der Waals surface area (Å²) in [5.41, 5.74) is 0. The van der Waals surface area contributed by atoms with Gasteiger partial charge in [-0.25, -0.2) is 0 Å². The largest absolute Gasteiger partial charge is 0.454 e. The Bertz CT molecular complexity index is 1380. The van der Waals surface area contributed by atoms with E-state index in [1.54, 1.807) is 6.08 Å². The summed E-state index contributed by atoms with van der Waals surface area (Å²) in [5.74, 6) is -1.23. The predicted molar refractivity (Wildman–Crippen MR) is 292 cm³/mol. The molecular formula is C60H107NO10. The fraction of sp³-hybridized carbons (Fsp3) is 0.800. The Hall–Kier alpha value is -2.64.